The molecular formula is C23H35IN6O. The smallest absolute Gasteiger partial charge is 0.239 e. The number of hydrogen-bond acceptors (Lipinski definition) is 3. The minimum Gasteiger partial charge on any atom is -0.358 e. The Balaban J connectivity index is 0.00000272. The number of para-hydroxylation sites is 1. The van der Waals surface area contributed by atoms with Crippen LogP contribution in [0.5, 0.6) is 0 Å². The predicted molar refractivity (Wildman–Crippen MR) is 137 cm³/mol. The molecule has 1 unspecified atom stereocenters. The molecule has 2 aromatic rings. The van der Waals surface area contributed by atoms with Gasteiger partial charge in [-0.3, -0.25) is 14.7 Å². The quantitative estimate of drug-likeness (QED) is 0.349. The fraction of sp³-hybridized carbons (Fsp3) is 0.565. The number of amides is 1. The summed E-state index contributed by atoms with van der Waals surface area (Å²) in [7, 11) is 1.84. The number of rotatable bonds is 5. The number of H-pyrrole nitrogens is 1. The first-order chi connectivity index (χ1) is 14.7. The highest BCUT2D eigenvalue weighted by molar-refractivity contribution is 14.0. The van der Waals surface area contributed by atoms with E-state index in [1.54, 1.807) is 0 Å². The molecule has 31 heavy (non-hydrogen) atoms. The summed E-state index contributed by atoms with van der Waals surface area (Å²) in [5, 5.41) is 4.76. The normalized spacial score (nSPS) is 18.8. The van der Waals surface area contributed by atoms with Crippen LogP contribution in [0.2, 0.25) is 0 Å². The van der Waals surface area contributed by atoms with E-state index in [0.29, 0.717) is 5.91 Å². The lowest BCUT2D eigenvalue weighted by atomic mass is 10.2. The van der Waals surface area contributed by atoms with Gasteiger partial charge in [0.1, 0.15) is 0 Å². The molecule has 0 radical (unpaired) electrons. The van der Waals surface area contributed by atoms with E-state index < -0.39 is 0 Å². The minimum atomic E-state index is -0.0257. The zero-order valence-corrected chi connectivity index (χ0v) is 21.0. The topological polar surface area (TPSA) is 67.0 Å². The number of benzene rings is 1. The first-order valence-electron chi connectivity index (χ1n) is 11.2. The third-order valence-corrected chi connectivity index (χ3v) is 6.41. The molecular weight excluding hydrogens is 503 g/mol. The van der Waals surface area contributed by atoms with Crippen LogP contribution in [0.4, 0.5) is 0 Å². The molecule has 2 fully saturated rings. The lowest BCUT2D eigenvalue weighted by Gasteiger charge is -2.39. The lowest BCUT2D eigenvalue weighted by Crippen LogP contribution is -2.57. The van der Waals surface area contributed by atoms with E-state index in [0.717, 1.165) is 71.0 Å². The minimum absolute atomic E-state index is 0. The van der Waals surface area contributed by atoms with Crippen LogP contribution in [0.3, 0.4) is 0 Å². The number of hydrogen-bond donors (Lipinski definition) is 2. The Bertz CT molecular complexity index is 850. The lowest BCUT2D eigenvalue weighted by molar-refractivity contribution is -0.135. The molecule has 2 N–H and O–H groups in total. The van der Waals surface area contributed by atoms with Crippen molar-refractivity contribution in [1.82, 2.24) is 25.0 Å². The highest BCUT2D eigenvalue weighted by Crippen LogP contribution is 2.15. The summed E-state index contributed by atoms with van der Waals surface area (Å²) in [6.45, 7) is 8.32. The van der Waals surface area contributed by atoms with E-state index in [-0.39, 0.29) is 30.0 Å². The summed E-state index contributed by atoms with van der Waals surface area (Å²) in [6, 6.07) is 10.6. The number of aromatic nitrogens is 1. The van der Waals surface area contributed by atoms with Gasteiger partial charge in [-0.1, -0.05) is 18.2 Å². The zero-order chi connectivity index (χ0) is 20.9. The molecule has 1 atom stereocenters. The first kappa shape index (κ1) is 23.8. The molecule has 2 saturated heterocycles. The molecule has 1 aromatic heterocycles. The third-order valence-electron chi connectivity index (χ3n) is 6.41. The number of aliphatic imine (C=N–C) groups is 1. The second-order valence-electron chi connectivity index (χ2n) is 8.34. The van der Waals surface area contributed by atoms with Crippen LogP contribution in [0.1, 0.15) is 25.5 Å². The Labute approximate surface area is 202 Å². The van der Waals surface area contributed by atoms with Gasteiger partial charge in [0.15, 0.2) is 5.96 Å². The second-order valence-corrected chi connectivity index (χ2v) is 8.34. The maximum Gasteiger partial charge on any atom is 0.239 e. The van der Waals surface area contributed by atoms with Gasteiger partial charge in [0.05, 0.1) is 6.04 Å². The van der Waals surface area contributed by atoms with E-state index in [9.17, 15) is 4.79 Å². The van der Waals surface area contributed by atoms with Gasteiger partial charge in [-0.25, -0.2) is 0 Å². The van der Waals surface area contributed by atoms with Crippen molar-refractivity contribution in [3.05, 3.63) is 36.0 Å². The number of piperazine rings is 1. The van der Waals surface area contributed by atoms with E-state index in [4.69, 9.17) is 0 Å². The average molecular weight is 538 g/mol. The number of nitrogens with zero attached hydrogens (tertiary/aromatic N) is 4. The van der Waals surface area contributed by atoms with Crippen LogP contribution in [0, 0.1) is 0 Å². The number of nitrogens with one attached hydrogen (secondary N) is 2. The van der Waals surface area contributed by atoms with Crippen molar-refractivity contribution >= 4 is 46.7 Å². The fourth-order valence-corrected chi connectivity index (χ4v) is 4.59. The number of fused-ring (bicyclic) bond motifs is 1. The number of guanidine groups is 1. The Hall–Kier alpha value is -1.81. The number of likely N-dealkylation sites (tertiary alicyclic amines) is 1. The monoisotopic (exact) mass is 538 g/mol. The van der Waals surface area contributed by atoms with E-state index in [1.165, 1.54) is 16.6 Å². The summed E-state index contributed by atoms with van der Waals surface area (Å²) >= 11 is 0. The Morgan fingerprint density at radius 1 is 1.10 bits per heavy atom. The highest BCUT2D eigenvalue weighted by atomic mass is 127. The molecule has 0 bridgehead atoms. The van der Waals surface area contributed by atoms with Crippen LogP contribution in [-0.4, -0.2) is 90.5 Å². The van der Waals surface area contributed by atoms with Crippen molar-refractivity contribution in [2.24, 2.45) is 4.99 Å². The van der Waals surface area contributed by atoms with Crippen LogP contribution in [-0.2, 0) is 11.2 Å². The Morgan fingerprint density at radius 2 is 1.81 bits per heavy atom. The molecule has 8 heteroatoms. The molecule has 2 aliphatic rings. The average Bonchev–Trinajstić information content (AvgIpc) is 3.45. The van der Waals surface area contributed by atoms with Gasteiger partial charge in [-0.15, -0.1) is 24.0 Å². The molecule has 1 amide bonds. The van der Waals surface area contributed by atoms with Crippen LogP contribution >= 0.6 is 24.0 Å². The molecule has 170 valence electrons. The first-order valence-corrected chi connectivity index (χ1v) is 11.2. The van der Waals surface area contributed by atoms with Gasteiger partial charge in [0.25, 0.3) is 0 Å². The van der Waals surface area contributed by atoms with E-state index in [1.807, 2.05) is 11.9 Å². The predicted octanol–water partition coefficient (Wildman–Crippen LogP) is 2.53. The largest absolute Gasteiger partial charge is 0.358 e. The number of carbonyl (C=O) groups excluding carboxylic acids is 1. The standard InChI is InChI=1S/C23H34N6O.HI/c1-18(22(30)28-11-5-6-12-28)27-13-15-29(16-14-27)23(24-2)25-10-9-20-17-19-7-3-4-8-21(19)26-20;/h3-4,7-8,17-18,26H,5-6,9-16H2,1-2H3,(H,24,25);1H. The summed E-state index contributed by atoms with van der Waals surface area (Å²) in [4.78, 5) is 27.3. The molecule has 3 heterocycles. The highest BCUT2D eigenvalue weighted by Gasteiger charge is 2.30. The molecule has 0 spiro atoms. The van der Waals surface area contributed by atoms with Gasteiger partial charge >= 0.3 is 0 Å². The second kappa shape index (κ2) is 11.2. The molecule has 0 saturated carbocycles. The Morgan fingerprint density at radius 3 is 2.48 bits per heavy atom. The molecule has 7 nitrogen and oxygen atoms in total. The van der Waals surface area contributed by atoms with Crippen molar-refractivity contribution in [2.75, 3.05) is 52.9 Å². The van der Waals surface area contributed by atoms with Crippen molar-refractivity contribution in [1.29, 1.82) is 0 Å². The van der Waals surface area contributed by atoms with Crippen molar-refractivity contribution < 1.29 is 4.79 Å². The van der Waals surface area contributed by atoms with Gasteiger partial charge in [0, 0.05) is 70.5 Å². The maximum absolute atomic E-state index is 12.7. The van der Waals surface area contributed by atoms with Gasteiger partial charge in [-0.05, 0) is 37.3 Å². The fourth-order valence-electron chi connectivity index (χ4n) is 4.59. The summed E-state index contributed by atoms with van der Waals surface area (Å²) in [6.07, 6.45) is 3.22. The van der Waals surface area contributed by atoms with Crippen LogP contribution < -0.4 is 5.32 Å². The molecule has 1 aromatic carbocycles. The Kier molecular flexibility index (Phi) is 8.59. The van der Waals surface area contributed by atoms with Gasteiger partial charge < -0.3 is 20.1 Å². The zero-order valence-electron chi connectivity index (χ0n) is 18.6. The van der Waals surface area contributed by atoms with Crippen LogP contribution in [0.25, 0.3) is 10.9 Å². The van der Waals surface area contributed by atoms with Gasteiger partial charge in [-0.2, -0.15) is 0 Å². The van der Waals surface area contributed by atoms with Gasteiger partial charge in [0.2, 0.25) is 5.91 Å². The van der Waals surface area contributed by atoms with Crippen molar-refractivity contribution in [2.45, 2.75) is 32.2 Å². The molecule has 4 rings (SSSR count). The summed E-state index contributed by atoms with van der Waals surface area (Å²) in [5.41, 5.74) is 2.42. The summed E-state index contributed by atoms with van der Waals surface area (Å²) < 4.78 is 0. The summed E-state index contributed by atoms with van der Waals surface area (Å²) in [5.74, 6) is 1.24. The van der Waals surface area contributed by atoms with Crippen LogP contribution in [0.15, 0.2) is 35.3 Å². The number of halogens is 1. The molecule has 2 aliphatic heterocycles. The van der Waals surface area contributed by atoms with Crippen molar-refractivity contribution in [3.8, 4) is 0 Å². The third kappa shape index (κ3) is 5.71. The molecule has 0 aliphatic carbocycles. The SMILES string of the molecule is CN=C(NCCc1cc2ccccc2[nH]1)N1CCN(C(C)C(=O)N2CCCC2)CC1.I. The number of carbonyl (C=O) groups is 1. The maximum atomic E-state index is 12.7. The van der Waals surface area contributed by atoms with E-state index >= 15 is 0 Å². The van der Waals surface area contributed by atoms with E-state index in [2.05, 4.69) is 62.3 Å². The number of aromatic amines is 1. The van der Waals surface area contributed by atoms with Crippen molar-refractivity contribution in [3.63, 3.8) is 0 Å².